The van der Waals surface area contributed by atoms with E-state index in [9.17, 15) is 15.0 Å². The summed E-state index contributed by atoms with van der Waals surface area (Å²) in [5, 5.41) is 21.0. The molecule has 204 valence electrons. The van der Waals surface area contributed by atoms with Gasteiger partial charge in [0.15, 0.2) is 0 Å². The third-order valence-electron chi connectivity index (χ3n) is 7.14. The molecule has 1 unspecified atom stereocenters. The molecule has 0 aromatic rings. The van der Waals surface area contributed by atoms with E-state index in [1.807, 2.05) is 26.0 Å². The highest BCUT2D eigenvalue weighted by Gasteiger charge is 2.44. The second kappa shape index (κ2) is 17.7. The minimum atomic E-state index is -0.542. The normalized spacial score (nSPS) is 26.1. The molecular formula is C29H46O7. The number of allylic oxidation sites excluding steroid dienone is 2. The molecule has 6 atom stereocenters. The Labute approximate surface area is 217 Å². The van der Waals surface area contributed by atoms with Crippen molar-refractivity contribution in [2.75, 3.05) is 46.8 Å². The zero-order valence-corrected chi connectivity index (χ0v) is 22.3. The van der Waals surface area contributed by atoms with Gasteiger partial charge in [0.05, 0.1) is 45.2 Å². The lowest BCUT2D eigenvalue weighted by Gasteiger charge is -2.19. The van der Waals surface area contributed by atoms with E-state index in [0.717, 1.165) is 32.1 Å². The zero-order chi connectivity index (χ0) is 26.2. The van der Waals surface area contributed by atoms with Gasteiger partial charge in [0.1, 0.15) is 6.61 Å². The highest BCUT2D eigenvalue weighted by Crippen LogP contribution is 2.50. The fourth-order valence-electron chi connectivity index (χ4n) is 5.06. The van der Waals surface area contributed by atoms with Crippen molar-refractivity contribution in [2.24, 2.45) is 23.7 Å². The van der Waals surface area contributed by atoms with Gasteiger partial charge in [-0.05, 0) is 56.8 Å². The molecule has 0 bridgehead atoms. The van der Waals surface area contributed by atoms with Gasteiger partial charge in [-0.25, -0.2) is 0 Å². The standard InChI is InChI=1S/C29H46O7/c1-4-5-8-22(2)27(30)12-11-25-26-20-23(19-24(26)21-28(25)31)9-6-7-10-29(32)36-18-17-35-16-15-34-14-13-33-3/h9,11-12,22,24-28,30-31H,6-8,10,13-21H2,1-3H3/b12-11+,23-9+/t22?,24-,25+,26-,27+,28+/m0/s1. The van der Waals surface area contributed by atoms with E-state index in [1.165, 1.54) is 5.57 Å². The molecule has 0 aromatic carbocycles. The average molecular weight is 507 g/mol. The smallest absolute Gasteiger partial charge is 0.305 e. The van der Waals surface area contributed by atoms with Crippen LogP contribution in [0.2, 0.25) is 0 Å². The maximum atomic E-state index is 11.9. The summed E-state index contributed by atoms with van der Waals surface area (Å²) in [5.41, 5.74) is 1.43. The van der Waals surface area contributed by atoms with Crippen LogP contribution in [0.1, 0.15) is 58.8 Å². The van der Waals surface area contributed by atoms with Crippen LogP contribution in [0.25, 0.3) is 0 Å². The van der Waals surface area contributed by atoms with Gasteiger partial charge in [0.25, 0.3) is 0 Å². The van der Waals surface area contributed by atoms with Crippen molar-refractivity contribution in [2.45, 2.75) is 71.0 Å². The fourth-order valence-corrected chi connectivity index (χ4v) is 5.06. The minimum absolute atomic E-state index is 0.0760. The van der Waals surface area contributed by atoms with Gasteiger partial charge in [-0.3, -0.25) is 4.79 Å². The predicted octanol–water partition coefficient (Wildman–Crippen LogP) is 3.68. The van der Waals surface area contributed by atoms with Crippen molar-refractivity contribution in [3.63, 3.8) is 0 Å². The lowest BCUT2D eigenvalue weighted by molar-refractivity contribution is -0.145. The summed E-state index contributed by atoms with van der Waals surface area (Å²) in [4.78, 5) is 11.9. The second-order valence-corrected chi connectivity index (χ2v) is 9.89. The van der Waals surface area contributed by atoms with Crippen LogP contribution in [0.15, 0.2) is 23.8 Å². The first-order chi connectivity index (χ1) is 17.5. The number of carbonyl (C=O) groups is 1. The number of aliphatic hydroxyl groups excluding tert-OH is 2. The molecule has 2 saturated carbocycles. The molecular weight excluding hydrogens is 460 g/mol. The van der Waals surface area contributed by atoms with Crippen LogP contribution in [-0.2, 0) is 23.7 Å². The molecule has 0 aromatic heterocycles. The first-order valence-electron chi connectivity index (χ1n) is 13.4. The quantitative estimate of drug-likeness (QED) is 0.135. The van der Waals surface area contributed by atoms with Crippen molar-refractivity contribution in [3.05, 3.63) is 23.8 Å². The highest BCUT2D eigenvalue weighted by molar-refractivity contribution is 5.69. The minimum Gasteiger partial charge on any atom is -0.463 e. The Morgan fingerprint density at radius 1 is 1.14 bits per heavy atom. The maximum Gasteiger partial charge on any atom is 0.305 e. The number of aliphatic hydroxyl groups is 2. The third kappa shape index (κ3) is 11.1. The van der Waals surface area contributed by atoms with Crippen LogP contribution in [0.4, 0.5) is 0 Å². The SMILES string of the molecule is CC#CCC(C)[C@H](O)/C=C/[C@@H]1[C@H]2C/C(=C/CCCC(=O)OCCOCCOCCOC)C[C@H]2C[C@H]1O. The number of rotatable bonds is 17. The summed E-state index contributed by atoms with van der Waals surface area (Å²) in [6.45, 7) is 6.52. The first-order valence-corrected chi connectivity index (χ1v) is 13.4. The molecule has 0 spiro atoms. The van der Waals surface area contributed by atoms with Crippen molar-refractivity contribution < 1.29 is 34.0 Å². The monoisotopic (exact) mass is 506 g/mol. The molecule has 0 amide bonds. The molecule has 0 saturated heterocycles. The van der Waals surface area contributed by atoms with Gasteiger partial charge in [-0.15, -0.1) is 11.8 Å². The number of unbranched alkanes of at least 4 members (excludes halogenated alkanes) is 1. The molecule has 7 heteroatoms. The Kier molecular flexibility index (Phi) is 15.0. The van der Waals surface area contributed by atoms with E-state index in [-0.39, 0.29) is 30.5 Å². The largest absolute Gasteiger partial charge is 0.463 e. The van der Waals surface area contributed by atoms with E-state index < -0.39 is 6.10 Å². The molecule has 2 rings (SSSR count). The average Bonchev–Trinajstić information content (AvgIpc) is 3.38. The summed E-state index contributed by atoms with van der Waals surface area (Å²) < 4.78 is 20.8. The van der Waals surface area contributed by atoms with Gasteiger partial charge in [0.2, 0.25) is 0 Å². The van der Waals surface area contributed by atoms with E-state index in [2.05, 4.69) is 17.9 Å². The van der Waals surface area contributed by atoms with E-state index in [1.54, 1.807) is 7.11 Å². The molecule has 2 aliphatic carbocycles. The molecule has 2 fully saturated rings. The topological polar surface area (TPSA) is 94.5 Å². The number of fused-ring (bicyclic) bond motifs is 1. The van der Waals surface area contributed by atoms with Crippen LogP contribution >= 0.6 is 0 Å². The summed E-state index contributed by atoms with van der Waals surface area (Å²) in [7, 11) is 1.63. The van der Waals surface area contributed by atoms with Gasteiger partial charge in [0, 0.05) is 25.9 Å². The number of carbonyl (C=O) groups excluding carboxylic acids is 1. The summed E-state index contributed by atoms with van der Waals surface area (Å²) in [5.74, 6) is 6.79. The third-order valence-corrected chi connectivity index (χ3v) is 7.14. The van der Waals surface area contributed by atoms with Crippen molar-refractivity contribution in [1.82, 2.24) is 0 Å². The first kappa shape index (κ1) is 30.5. The summed E-state index contributed by atoms with van der Waals surface area (Å²) >= 11 is 0. The lowest BCUT2D eigenvalue weighted by atomic mass is 9.89. The summed E-state index contributed by atoms with van der Waals surface area (Å²) in [6.07, 6.45) is 10.8. The van der Waals surface area contributed by atoms with Crippen molar-refractivity contribution in [3.8, 4) is 11.8 Å². The molecule has 36 heavy (non-hydrogen) atoms. The number of methoxy groups -OCH3 is 1. The van der Waals surface area contributed by atoms with E-state index in [4.69, 9.17) is 18.9 Å². The Bertz CT molecular complexity index is 750. The predicted molar refractivity (Wildman–Crippen MR) is 139 cm³/mol. The summed E-state index contributed by atoms with van der Waals surface area (Å²) in [6, 6.07) is 0. The Balaban J connectivity index is 1.61. The highest BCUT2D eigenvalue weighted by atomic mass is 16.6. The van der Waals surface area contributed by atoms with Gasteiger partial charge in [-0.1, -0.05) is 30.7 Å². The van der Waals surface area contributed by atoms with Gasteiger partial charge in [-0.2, -0.15) is 0 Å². The van der Waals surface area contributed by atoms with Gasteiger partial charge < -0.3 is 29.2 Å². The Morgan fingerprint density at radius 3 is 2.58 bits per heavy atom. The van der Waals surface area contributed by atoms with Crippen molar-refractivity contribution >= 4 is 5.97 Å². The van der Waals surface area contributed by atoms with Crippen LogP contribution < -0.4 is 0 Å². The fraction of sp³-hybridized carbons (Fsp3) is 0.759. The number of hydrogen-bond acceptors (Lipinski definition) is 7. The molecule has 2 N–H and O–H groups in total. The maximum absolute atomic E-state index is 11.9. The molecule has 0 aliphatic heterocycles. The van der Waals surface area contributed by atoms with Crippen LogP contribution in [0.3, 0.4) is 0 Å². The number of ether oxygens (including phenoxy) is 4. The van der Waals surface area contributed by atoms with E-state index >= 15 is 0 Å². The molecule has 0 heterocycles. The molecule has 2 aliphatic rings. The number of hydrogen-bond donors (Lipinski definition) is 2. The molecule has 7 nitrogen and oxygen atoms in total. The van der Waals surface area contributed by atoms with Crippen LogP contribution in [0.5, 0.6) is 0 Å². The Hall–Kier alpha value is -1.69. The molecule has 0 radical (unpaired) electrons. The van der Waals surface area contributed by atoms with E-state index in [0.29, 0.717) is 57.7 Å². The van der Waals surface area contributed by atoms with Crippen LogP contribution in [-0.4, -0.2) is 75.1 Å². The van der Waals surface area contributed by atoms with Crippen molar-refractivity contribution in [1.29, 1.82) is 0 Å². The van der Waals surface area contributed by atoms with Gasteiger partial charge >= 0.3 is 5.97 Å². The zero-order valence-electron chi connectivity index (χ0n) is 22.3. The van der Waals surface area contributed by atoms with Crippen LogP contribution in [0, 0.1) is 35.5 Å². The Morgan fingerprint density at radius 2 is 1.86 bits per heavy atom. The lowest BCUT2D eigenvalue weighted by Crippen LogP contribution is -2.19. The second-order valence-electron chi connectivity index (χ2n) is 9.89. The number of esters is 1.